The Balaban J connectivity index is 1.65. The molecule has 0 aliphatic heterocycles. The van der Waals surface area contributed by atoms with E-state index < -0.39 is 0 Å². The molecule has 2 aromatic heterocycles. The van der Waals surface area contributed by atoms with Crippen molar-refractivity contribution in [1.29, 1.82) is 0 Å². The van der Waals surface area contributed by atoms with E-state index in [0.717, 1.165) is 41.0 Å². The quantitative estimate of drug-likeness (QED) is 0.567. The van der Waals surface area contributed by atoms with Gasteiger partial charge in [0.1, 0.15) is 5.75 Å². The largest absolute Gasteiger partial charge is 0.446 e. The van der Waals surface area contributed by atoms with Gasteiger partial charge in [-0.3, -0.25) is 4.79 Å². The van der Waals surface area contributed by atoms with Gasteiger partial charge in [-0.25, -0.2) is 0 Å². The summed E-state index contributed by atoms with van der Waals surface area (Å²) in [6, 6.07) is 11.9. The predicted octanol–water partition coefficient (Wildman–Crippen LogP) is 5.71. The maximum atomic E-state index is 12.7. The molecule has 3 aromatic rings. The lowest BCUT2D eigenvalue weighted by Crippen LogP contribution is -2.13. The lowest BCUT2D eigenvalue weighted by Gasteiger charge is -2.16. The Labute approximate surface area is 151 Å². The molecule has 0 atom stereocenters. The highest BCUT2D eigenvalue weighted by Gasteiger charge is 2.29. The van der Waals surface area contributed by atoms with Crippen LogP contribution in [0.4, 0.5) is 0 Å². The Morgan fingerprint density at radius 1 is 1.12 bits per heavy atom. The number of thiophene rings is 1. The van der Waals surface area contributed by atoms with Gasteiger partial charge >= 0.3 is 0 Å². The van der Waals surface area contributed by atoms with Gasteiger partial charge in [-0.15, -0.1) is 11.3 Å². The number of Topliss-reactive ketones (excluding diaryl/α,β-unsaturated/α-hetero) is 1. The molecule has 0 unspecified atom stereocenters. The van der Waals surface area contributed by atoms with Gasteiger partial charge in [-0.05, 0) is 74.2 Å². The average Bonchev–Trinajstić information content (AvgIpc) is 3.25. The molecule has 1 aromatic carbocycles. The third-order valence-corrected chi connectivity index (χ3v) is 5.66. The Morgan fingerprint density at radius 2 is 1.84 bits per heavy atom. The van der Waals surface area contributed by atoms with Crippen LogP contribution in [0.1, 0.15) is 34.1 Å². The van der Waals surface area contributed by atoms with E-state index in [4.69, 9.17) is 4.74 Å². The van der Waals surface area contributed by atoms with E-state index in [2.05, 4.69) is 6.92 Å². The number of nitrogens with zero attached hydrogens (tertiary/aromatic N) is 1. The molecule has 0 radical (unpaired) electrons. The van der Waals surface area contributed by atoms with Crippen LogP contribution < -0.4 is 4.74 Å². The van der Waals surface area contributed by atoms with Crippen molar-refractivity contribution in [3.63, 3.8) is 0 Å². The number of carbonyl (C=O) groups is 1. The highest BCUT2D eigenvalue weighted by molar-refractivity contribution is 7.14. The van der Waals surface area contributed by atoms with Crippen molar-refractivity contribution in [2.75, 3.05) is 0 Å². The number of rotatable bonds is 3. The Bertz CT molecular complexity index is 947. The topological polar surface area (TPSA) is 31.2 Å². The average molecular weight is 349 g/mol. The number of aromatic nitrogens is 1. The third kappa shape index (κ3) is 2.83. The number of aryl methyl sites for hydroxylation is 1. The van der Waals surface area contributed by atoms with Gasteiger partial charge in [-0.1, -0.05) is 6.08 Å². The van der Waals surface area contributed by atoms with Crippen LogP contribution in [0, 0.1) is 6.92 Å². The molecule has 0 bridgehead atoms. The molecule has 0 amide bonds. The molecule has 4 rings (SSSR count). The molecule has 0 spiro atoms. The molecule has 0 fully saturated rings. The molecule has 4 heteroatoms. The van der Waals surface area contributed by atoms with Crippen LogP contribution >= 0.6 is 11.3 Å². The summed E-state index contributed by atoms with van der Waals surface area (Å²) in [5.41, 5.74) is 3.88. The number of allylic oxidation sites excluding steroid dienone is 2. The summed E-state index contributed by atoms with van der Waals surface area (Å²) in [6.45, 7) is 4.00. The fraction of sp³-hybridized carbons (Fsp3) is 0.190. The van der Waals surface area contributed by atoms with Crippen molar-refractivity contribution >= 4 is 17.1 Å². The van der Waals surface area contributed by atoms with Crippen molar-refractivity contribution < 1.29 is 9.53 Å². The first-order valence-electron chi connectivity index (χ1n) is 8.41. The van der Waals surface area contributed by atoms with Crippen molar-refractivity contribution in [2.24, 2.45) is 0 Å². The molecule has 126 valence electrons. The fourth-order valence-corrected chi connectivity index (χ4v) is 4.32. The molecule has 0 saturated heterocycles. The number of fused-ring (bicyclic) bond motifs is 1. The van der Waals surface area contributed by atoms with E-state index in [-0.39, 0.29) is 5.78 Å². The molecule has 0 N–H and O–H groups in total. The Morgan fingerprint density at radius 3 is 2.52 bits per heavy atom. The number of hydrogen-bond donors (Lipinski definition) is 0. The summed E-state index contributed by atoms with van der Waals surface area (Å²) < 4.78 is 8.14. The van der Waals surface area contributed by atoms with E-state index in [1.54, 1.807) is 11.3 Å². The van der Waals surface area contributed by atoms with Gasteiger partial charge in [-0.2, -0.15) is 0 Å². The summed E-state index contributed by atoms with van der Waals surface area (Å²) >= 11 is 1.57. The van der Waals surface area contributed by atoms with Crippen molar-refractivity contribution in [1.82, 2.24) is 4.57 Å². The molecule has 3 nitrogen and oxygen atoms in total. The Hall–Kier alpha value is -2.59. The monoisotopic (exact) mass is 349 g/mol. The van der Waals surface area contributed by atoms with Crippen LogP contribution in [0.3, 0.4) is 0 Å². The molecule has 25 heavy (non-hydrogen) atoms. The van der Waals surface area contributed by atoms with Gasteiger partial charge in [0.25, 0.3) is 0 Å². The minimum absolute atomic E-state index is 0.118. The summed E-state index contributed by atoms with van der Waals surface area (Å²) in [5.74, 6) is 0.868. The van der Waals surface area contributed by atoms with Gasteiger partial charge in [0.2, 0.25) is 0 Å². The predicted molar refractivity (Wildman–Crippen MR) is 101 cm³/mol. The summed E-state index contributed by atoms with van der Waals surface area (Å²) in [7, 11) is 0. The molecule has 1 aliphatic rings. The number of carbonyl (C=O) groups excluding carboxylic acids is 1. The maximum absolute atomic E-state index is 12.7. The first-order valence-corrected chi connectivity index (χ1v) is 9.22. The minimum atomic E-state index is 0.118. The molecule has 0 saturated carbocycles. The van der Waals surface area contributed by atoms with Crippen molar-refractivity contribution in [2.45, 2.75) is 26.7 Å². The van der Waals surface area contributed by atoms with Crippen LogP contribution in [0.15, 0.2) is 60.4 Å². The summed E-state index contributed by atoms with van der Waals surface area (Å²) in [4.78, 5) is 13.9. The lowest BCUT2D eigenvalue weighted by molar-refractivity contribution is 0.102. The summed E-state index contributed by atoms with van der Waals surface area (Å²) in [6.07, 6.45) is 7.68. The van der Waals surface area contributed by atoms with Crippen LogP contribution in [0.25, 0.3) is 5.69 Å². The SMILES string of the molecule is C/C=C1\CCc2c(C)sc(Oc3ccc(-n4cccc4)cc3)c2C1=O. The van der Waals surface area contributed by atoms with Gasteiger partial charge < -0.3 is 9.30 Å². The van der Waals surface area contributed by atoms with E-state index in [1.807, 2.05) is 66.4 Å². The number of hydrogen-bond acceptors (Lipinski definition) is 3. The standard InChI is InChI=1S/C21H19NO2S/c1-3-15-6-11-18-14(2)25-21(19(18)20(15)23)24-17-9-7-16(8-10-17)22-12-4-5-13-22/h3-5,7-10,12-13H,6,11H2,1-2H3/b15-3+. The van der Waals surface area contributed by atoms with Crippen LogP contribution in [0.2, 0.25) is 0 Å². The molecule has 2 heterocycles. The number of ether oxygens (including phenoxy) is 1. The maximum Gasteiger partial charge on any atom is 0.193 e. The van der Waals surface area contributed by atoms with E-state index >= 15 is 0 Å². The zero-order chi connectivity index (χ0) is 17.4. The first kappa shape index (κ1) is 15.9. The zero-order valence-corrected chi connectivity index (χ0v) is 15.1. The first-order chi connectivity index (χ1) is 12.2. The second-order valence-electron chi connectivity index (χ2n) is 6.13. The normalized spacial score (nSPS) is 15.4. The van der Waals surface area contributed by atoms with Crippen LogP contribution in [0.5, 0.6) is 10.8 Å². The van der Waals surface area contributed by atoms with Crippen molar-refractivity contribution in [3.05, 3.63) is 76.4 Å². The van der Waals surface area contributed by atoms with Crippen molar-refractivity contribution in [3.8, 4) is 16.5 Å². The second kappa shape index (κ2) is 6.37. The third-order valence-electron chi connectivity index (χ3n) is 4.64. The van der Waals surface area contributed by atoms with Gasteiger partial charge in [0.15, 0.2) is 10.8 Å². The lowest BCUT2D eigenvalue weighted by atomic mass is 9.88. The molecular weight excluding hydrogens is 330 g/mol. The van der Waals surface area contributed by atoms with Gasteiger partial charge in [0.05, 0.1) is 5.56 Å². The molecular formula is C21H19NO2S. The van der Waals surface area contributed by atoms with Gasteiger partial charge in [0, 0.05) is 23.0 Å². The zero-order valence-electron chi connectivity index (χ0n) is 14.3. The second-order valence-corrected chi connectivity index (χ2v) is 7.32. The van der Waals surface area contributed by atoms with E-state index in [1.165, 1.54) is 4.88 Å². The number of ketones is 1. The number of benzene rings is 1. The summed E-state index contributed by atoms with van der Waals surface area (Å²) in [5, 5.41) is 0.713. The van der Waals surface area contributed by atoms with E-state index in [9.17, 15) is 4.79 Å². The Kier molecular flexibility index (Phi) is 4.06. The smallest absolute Gasteiger partial charge is 0.193 e. The fourth-order valence-electron chi connectivity index (χ4n) is 3.26. The highest BCUT2D eigenvalue weighted by atomic mass is 32.1. The highest BCUT2D eigenvalue weighted by Crippen LogP contribution is 2.42. The minimum Gasteiger partial charge on any atom is -0.446 e. The van der Waals surface area contributed by atoms with E-state index in [0.29, 0.717) is 5.06 Å². The van der Waals surface area contributed by atoms with Crippen LogP contribution in [-0.4, -0.2) is 10.4 Å². The van der Waals surface area contributed by atoms with Crippen LogP contribution in [-0.2, 0) is 6.42 Å². The molecule has 1 aliphatic carbocycles.